The van der Waals surface area contributed by atoms with Crippen LogP contribution in [0.3, 0.4) is 0 Å². The Bertz CT molecular complexity index is 684. The highest BCUT2D eigenvalue weighted by Crippen LogP contribution is 2.24. The average molecular weight is 314 g/mol. The molecule has 2 heterocycles. The minimum atomic E-state index is 0.171. The Hall–Kier alpha value is -1.81. The van der Waals surface area contributed by atoms with Crippen LogP contribution in [-0.4, -0.2) is 37.0 Å². The average Bonchev–Trinajstić information content (AvgIpc) is 2.96. The van der Waals surface area contributed by atoms with Crippen molar-refractivity contribution in [3.63, 3.8) is 0 Å². The van der Waals surface area contributed by atoms with Crippen molar-refractivity contribution in [1.29, 1.82) is 0 Å². The predicted octanol–water partition coefficient (Wildman–Crippen LogP) is 3.64. The molecule has 0 spiro atoms. The van der Waals surface area contributed by atoms with Crippen LogP contribution >= 0.6 is 11.3 Å². The van der Waals surface area contributed by atoms with Crippen LogP contribution < -0.4 is 4.90 Å². The summed E-state index contributed by atoms with van der Waals surface area (Å²) < 4.78 is 0. The number of amides is 1. The van der Waals surface area contributed by atoms with E-state index in [1.54, 1.807) is 11.3 Å². The summed E-state index contributed by atoms with van der Waals surface area (Å²) in [7, 11) is 0. The van der Waals surface area contributed by atoms with E-state index in [0.717, 1.165) is 31.7 Å². The van der Waals surface area contributed by atoms with Crippen molar-refractivity contribution in [2.45, 2.75) is 20.8 Å². The van der Waals surface area contributed by atoms with Gasteiger partial charge in [0.2, 0.25) is 0 Å². The quantitative estimate of drug-likeness (QED) is 0.845. The number of aryl methyl sites for hydroxylation is 2. The van der Waals surface area contributed by atoms with Gasteiger partial charge in [0.05, 0.1) is 5.56 Å². The zero-order chi connectivity index (χ0) is 15.7. The van der Waals surface area contributed by atoms with E-state index in [2.05, 4.69) is 36.9 Å². The fourth-order valence-electron chi connectivity index (χ4n) is 2.97. The summed E-state index contributed by atoms with van der Waals surface area (Å²) in [6, 6.07) is 8.44. The Balaban J connectivity index is 1.67. The molecule has 0 unspecified atom stereocenters. The van der Waals surface area contributed by atoms with Crippen molar-refractivity contribution in [3.05, 3.63) is 51.2 Å². The van der Waals surface area contributed by atoms with Crippen LogP contribution in [-0.2, 0) is 0 Å². The first-order valence-corrected chi connectivity index (χ1v) is 8.60. The highest BCUT2D eigenvalue weighted by Gasteiger charge is 2.23. The highest BCUT2D eigenvalue weighted by atomic mass is 32.1. The van der Waals surface area contributed by atoms with E-state index in [1.165, 1.54) is 21.7 Å². The lowest BCUT2D eigenvalue weighted by molar-refractivity contribution is 0.0747. The molecule has 0 radical (unpaired) electrons. The second-order valence-electron chi connectivity index (χ2n) is 5.94. The molecule has 1 saturated heterocycles. The van der Waals surface area contributed by atoms with E-state index in [4.69, 9.17) is 0 Å². The number of hydrogen-bond acceptors (Lipinski definition) is 3. The van der Waals surface area contributed by atoms with Gasteiger partial charge in [-0.25, -0.2) is 0 Å². The van der Waals surface area contributed by atoms with Crippen LogP contribution in [0.1, 0.15) is 26.4 Å². The summed E-state index contributed by atoms with van der Waals surface area (Å²) >= 11 is 1.64. The van der Waals surface area contributed by atoms with Crippen molar-refractivity contribution >= 4 is 22.9 Å². The monoisotopic (exact) mass is 314 g/mol. The fraction of sp³-hybridized carbons (Fsp3) is 0.389. The molecular weight excluding hydrogens is 292 g/mol. The first kappa shape index (κ1) is 15.1. The maximum absolute atomic E-state index is 12.5. The van der Waals surface area contributed by atoms with Gasteiger partial charge >= 0.3 is 0 Å². The number of carbonyl (C=O) groups is 1. The van der Waals surface area contributed by atoms with Crippen molar-refractivity contribution in [2.75, 3.05) is 31.1 Å². The van der Waals surface area contributed by atoms with E-state index in [9.17, 15) is 4.79 Å². The third-order valence-electron chi connectivity index (χ3n) is 4.46. The molecule has 1 aliphatic rings. The number of carbonyl (C=O) groups excluding carboxylic acids is 1. The van der Waals surface area contributed by atoms with Gasteiger partial charge in [-0.15, -0.1) is 11.3 Å². The number of nitrogens with zero attached hydrogens (tertiary/aromatic N) is 2. The summed E-state index contributed by atoms with van der Waals surface area (Å²) in [6.45, 7) is 9.76. The van der Waals surface area contributed by atoms with E-state index in [1.807, 2.05) is 23.3 Å². The van der Waals surface area contributed by atoms with E-state index in [0.29, 0.717) is 0 Å². The zero-order valence-corrected chi connectivity index (χ0v) is 14.2. The number of thiophene rings is 1. The maximum atomic E-state index is 12.5. The van der Waals surface area contributed by atoms with Crippen LogP contribution in [0.25, 0.3) is 0 Å². The van der Waals surface area contributed by atoms with E-state index in [-0.39, 0.29) is 5.91 Å². The fourth-order valence-corrected chi connectivity index (χ4v) is 3.64. The Labute approximate surface area is 136 Å². The zero-order valence-electron chi connectivity index (χ0n) is 13.4. The normalized spacial score (nSPS) is 15.2. The molecule has 4 heteroatoms. The van der Waals surface area contributed by atoms with Gasteiger partial charge in [-0.1, -0.05) is 12.1 Å². The maximum Gasteiger partial charge on any atom is 0.254 e. The number of rotatable bonds is 2. The second kappa shape index (κ2) is 6.13. The van der Waals surface area contributed by atoms with Gasteiger partial charge in [0.1, 0.15) is 0 Å². The minimum Gasteiger partial charge on any atom is -0.368 e. The van der Waals surface area contributed by atoms with E-state index < -0.39 is 0 Å². The summed E-state index contributed by atoms with van der Waals surface area (Å²) in [5.41, 5.74) is 4.81. The Morgan fingerprint density at radius 1 is 1.09 bits per heavy atom. The number of piperazine rings is 1. The molecule has 2 aromatic rings. The molecule has 0 bridgehead atoms. The third-order valence-corrected chi connectivity index (χ3v) is 5.32. The number of benzene rings is 1. The molecule has 1 aromatic heterocycles. The summed E-state index contributed by atoms with van der Waals surface area (Å²) in [4.78, 5) is 18.1. The van der Waals surface area contributed by atoms with Gasteiger partial charge in [-0.2, -0.15) is 0 Å². The van der Waals surface area contributed by atoms with Crippen LogP contribution in [0.5, 0.6) is 0 Å². The van der Waals surface area contributed by atoms with Gasteiger partial charge in [0.25, 0.3) is 5.91 Å². The van der Waals surface area contributed by atoms with Crippen molar-refractivity contribution < 1.29 is 4.79 Å². The smallest absolute Gasteiger partial charge is 0.254 e. The molecule has 3 rings (SSSR count). The summed E-state index contributed by atoms with van der Waals surface area (Å²) in [6.07, 6.45) is 0. The van der Waals surface area contributed by atoms with Crippen LogP contribution in [0.4, 0.5) is 5.69 Å². The number of hydrogen-bond donors (Lipinski definition) is 0. The molecule has 0 N–H and O–H groups in total. The third kappa shape index (κ3) is 2.88. The molecule has 1 aromatic carbocycles. The SMILES string of the molecule is Cc1cc(C(=O)N2CCN(c3cccc(C)c3C)CC2)cs1. The lowest BCUT2D eigenvalue weighted by Gasteiger charge is -2.37. The standard InChI is InChI=1S/C18H22N2OS/c1-13-5-4-6-17(15(13)3)19-7-9-20(10-8-19)18(21)16-11-14(2)22-12-16/h4-6,11-12H,7-10H2,1-3H3. The van der Waals surface area contributed by atoms with Crippen LogP contribution in [0.15, 0.2) is 29.6 Å². The predicted molar refractivity (Wildman–Crippen MR) is 93.1 cm³/mol. The molecule has 0 saturated carbocycles. The Kier molecular flexibility index (Phi) is 4.21. The first-order chi connectivity index (χ1) is 10.6. The Morgan fingerprint density at radius 3 is 2.45 bits per heavy atom. The molecule has 1 amide bonds. The first-order valence-electron chi connectivity index (χ1n) is 7.72. The molecule has 0 aliphatic carbocycles. The molecule has 1 aliphatic heterocycles. The topological polar surface area (TPSA) is 23.6 Å². The van der Waals surface area contributed by atoms with Gasteiger partial charge in [-0.3, -0.25) is 4.79 Å². The lowest BCUT2D eigenvalue weighted by atomic mass is 10.1. The molecular formula is C18H22N2OS. The lowest BCUT2D eigenvalue weighted by Crippen LogP contribution is -2.49. The van der Waals surface area contributed by atoms with Crippen molar-refractivity contribution in [1.82, 2.24) is 4.90 Å². The summed E-state index contributed by atoms with van der Waals surface area (Å²) in [5, 5.41) is 1.97. The van der Waals surface area contributed by atoms with Gasteiger partial charge in [0, 0.05) is 42.1 Å². The van der Waals surface area contributed by atoms with Gasteiger partial charge in [-0.05, 0) is 44.0 Å². The largest absolute Gasteiger partial charge is 0.368 e. The van der Waals surface area contributed by atoms with Gasteiger partial charge in [0.15, 0.2) is 0 Å². The Morgan fingerprint density at radius 2 is 1.82 bits per heavy atom. The van der Waals surface area contributed by atoms with Crippen LogP contribution in [0, 0.1) is 20.8 Å². The highest BCUT2D eigenvalue weighted by molar-refractivity contribution is 7.10. The molecule has 1 fully saturated rings. The molecule has 22 heavy (non-hydrogen) atoms. The number of anilines is 1. The van der Waals surface area contributed by atoms with Crippen molar-refractivity contribution in [3.8, 4) is 0 Å². The summed E-state index contributed by atoms with van der Waals surface area (Å²) in [5.74, 6) is 0.171. The molecule has 116 valence electrons. The van der Waals surface area contributed by atoms with E-state index >= 15 is 0 Å². The molecule has 3 nitrogen and oxygen atoms in total. The van der Waals surface area contributed by atoms with Crippen LogP contribution in [0.2, 0.25) is 0 Å². The second-order valence-corrected chi connectivity index (χ2v) is 7.06. The van der Waals surface area contributed by atoms with Gasteiger partial charge < -0.3 is 9.80 Å². The molecule has 0 atom stereocenters. The van der Waals surface area contributed by atoms with Crippen molar-refractivity contribution in [2.24, 2.45) is 0 Å². The minimum absolute atomic E-state index is 0.171.